The van der Waals surface area contributed by atoms with Crippen LogP contribution in [-0.4, -0.2) is 15.4 Å². The van der Waals surface area contributed by atoms with Gasteiger partial charge in [0.05, 0.1) is 5.69 Å². The molecular formula is C7H10N2O2S. The summed E-state index contributed by atoms with van der Waals surface area (Å²) in [5.41, 5.74) is 6.81. The number of hydrogen-bond donors (Lipinski definition) is 2. The zero-order chi connectivity index (χ0) is 9.30. The molecule has 0 saturated heterocycles. The maximum atomic E-state index is 10.6. The molecule has 1 unspecified atom stereocenters. The van der Waals surface area contributed by atoms with Crippen LogP contribution in [0.1, 0.15) is 22.2 Å². The van der Waals surface area contributed by atoms with E-state index in [-0.39, 0.29) is 0 Å². The summed E-state index contributed by atoms with van der Waals surface area (Å²) < 4.78 is 4.02. The molecule has 12 heavy (non-hydrogen) atoms. The number of carbonyl (C=O) groups is 1. The Hall–Kier alpha value is -0.940. The minimum atomic E-state index is -1.01. The van der Waals surface area contributed by atoms with E-state index in [1.165, 1.54) is 11.5 Å². The second-order valence-electron chi connectivity index (χ2n) is 2.55. The second-order valence-corrected chi connectivity index (χ2v) is 3.53. The summed E-state index contributed by atoms with van der Waals surface area (Å²) in [6.07, 6.45) is 0. The van der Waals surface area contributed by atoms with Gasteiger partial charge in [-0.15, -0.1) is 0 Å². The van der Waals surface area contributed by atoms with Crippen LogP contribution < -0.4 is 5.73 Å². The molecule has 0 aromatic carbocycles. The van der Waals surface area contributed by atoms with Crippen LogP contribution in [0.4, 0.5) is 0 Å². The molecule has 5 heteroatoms. The van der Waals surface area contributed by atoms with Gasteiger partial charge < -0.3 is 10.8 Å². The van der Waals surface area contributed by atoms with Crippen LogP contribution in [0.25, 0.3) is 0 Å². The van der Waals surface area contributed by atoms with Crippen LogP contribution in [0.15, 0.2) is 0 Å². The van der Waals surface area contributed by atoms with Gasteiger partial charge >= 0.3 is 5.97 Å². The van der Waals surface area contributed by atoms with E-state index in [9.17, 15) is 4.79 Å². The molecule has 1 rings (SSSR count). The lowest BCUT2D eigenvalue weighted by molar-refractivity contribution is -0.138. The van der Waals surface area contributed by atoms with E-state index >= 15 is 0 Å². The molecule has 0 fully saturated rings. The Bertz CT molecular complexity index is 289. The molecule has 0 aliphatic carbocycles. The highest BCUT2D eigenvalue weighted by molar-refractivity contribution is 7.05. The van der Waals surface area contributed by atoms with Crippen molar-refractivity contribution in [3.63, 3.8) is 0 Å². The maximum absolute atomic E-state index is 10.6. The first-order chi connectivity index (χ1) is 5.54. The van der Waals surface area contributed by atoms with Crippen LogP contribution in [-0.2, 0) is 4.79 Å². The minimum Gasteiger partial charge on any atom is -0.480 e. The lowest BCUT2D eigenvalue weighted by Crippen LogP contribution is -2.21. The third-order valence-electron chi connectivity index (χ3n) is 1.67. The van der Waals surface area contributed by atoms with Crippen LogP contribution in [0, 0.1) is 13.8 Å². The van der Waals surface area contributed by atoms with Crippen molar-refractivity contribution in [2.24, 2.45) is 5.73 Å². The van der Waals surface area contributed by atoms with E-state index in [0.29, 0.717) is 11.3 Å². The Morgan fingerprint density at radius 2 is 2.25 bits per heavy atom. The molecule has 1 aromatic rings. The van der Waals surface area contributed by atoms with Crippen molar-refractivity contribution in [3.8, 4) is 0 Å². The first-order valence-electron chi connectivity index (χ1n) is 3.45. The number of aliphatic carboxylic acids is 1. The number of carboxylic acid groups (broad SMARTS) is 1. The molecule has 4 nitrogen and oxygen atoms in total. The van der Waals surface area contributed by atoms with Gasteiger partial charge in [0.15, 0.2) is 0 Å². The zero-order valence-electron chi connectivity index (χ0n) is 6.87. The van der Waals surface area contributed by atoms with Gasteiger partial charge in [-0.05, 0) is 25.4 Å². The quantitative estimate of drug-likeness (QED) is 0.717. The predicted molar refractivity (Wildman–Crippen MR) is 46.2 cm³/mol. The molecule has 1 heterocycles. The normalized spacial score (nSPS) is 12.9. The summed E-state index contributed by atoms with van der Waals surface area (Å²) in [6.45, 7) is 3.59. The SMILES string of the molecule is Cc1nsc(C)c1C(N)C(=O)O. The third-order valence-corrected chi connectivity index (χ3v) is 2.52. The van der Waals surface area contributed by atoms with Crippen molar-refractivity contribution in [3.05, 3.63) is 16.1 Å². The van der Waals surface area contributed by atoms with Crippen molar-refractivity contribution in [1.82, 2.24) is 4.37 Å². The first kappa shape index (κ1) is 9.15. The fourth-order valence-electron chi connectivity index (χ4n) is 1.06. The second kappa shape index (κ2) is 3.20. The fourth-order valence-corrected chi connectivity index (χ4v) is 1.80. The van der Waals surface area contributed by atoms with Gasteiger partial charge in [0.1, 0.15) is 6.04 Å². The summed E-state index contributed by atoms with van der Waals surface area (Å²) in [6, 6.07) is -0.941. The highest BCUT2D eigenvalue weighted by Gasteiger charge is 2.20. The summed E-state index contributed by atoms with van der Waals surface area (Å²) in [5.74, 6) is -1.01. The van der Waals surface area contributed by atoms with E-state index in [1.54, 1.807) is 6.92 Å². The zero-order valence-corrected chi connectivity index (χ0v) is 7.68. The molecule has 3 N–H and O–H groups in total. The average molecular weight is 186 g/mol. The number of aromatic nitrogens is 1. The lowest BCUT2D eigenvalue weighted by atomic mass is 10.1. The average Bonchev–Trinajstić information content (AvgIpc) is 2.30. The standard InChI is InChI=1S/C7H10N2O2S/c1-3-5(4(2)12-9-3)6(8)7(10)11/h6H,8H2,1-2H3,(H,10,11). The van der Waals surface area contributed by atoms with Gasteiger partial charge in [0.25, 0.3) is 0 Å². The maximum Gasteiger partial charge on any atom is 0.325 e. The van der Waals surface area contributed by atoms with Crippen molar-refractivity contribution in [2.45, 2.75) is 19.9 Å². The van der Waals surface area contributed by atoms with Crippen LogP contribution in [0.2, 0.25) is 0 Å². The number of nitrogens with two attached hydrogens (primary N) is 1. The highest BCUT2D eigenvalue weighted by Crippen LogP contribution is 2.22. The van der Waals surface area contributed by atoms with Crippen LogP contribution in [0.5, 0.6) is 0 Å². The molecular weight excluding hydrogens is 176 g/mol. The van der Waals surface area contributed by atoms with Gasteiger partial charge in [-0.2, -0.15) is 4.37 Å². The Morgan fingerprint density at radius 3 is 2.58 bits per heavy atom. The number of aryl methyl sites for hydroxylation is 2. The topological polar surface area (TPSA) is 76.2 Å². The molecule has 0 aliphatic heterocycles. The first-order valence-corrected chi connectivity index (χ1v) is 4.22. The predicted octanol–water partition coefficient (Wildman–Crippen LogP) is 0.844. The lowest BCUT2D eigenvalue weighted by Gasteiger charge is -2.05. The van der Waals surface area contributed by atoms with Crippen molar-refractivity contribution >= 4 is 17.5 Å². The van der Waals surface area contributed by atoms with E-state index < -0.39 is 12.0 Å². The van der Waals surface area contributed by atoms with Crippen molar-refractivity contribution in [2.75, 3.05) is 0 Å². The largest absolute Gasteiger partial charge is 0.480 e. The molecule has 0 saturated carbocycles. The Kier molecular flexibility index (Phi) is 2.44. The molecule has 1 atom stereocenters. The number of carboxylic acids is 1. The number of rotatable bonds is 2. The van der Waals surface area contributed by atoms with E-state index in [1.807, 2.05) is 6.92 Å². The number of nitrogens with zero attached hydrogens (tertiary/aromatic N) is 1. The Balaban J connectivity index is 3.08. The monoisotopic (exact) mass is 186 g/mol. The fraction of sp³-hybridized carbons (Fsp3) is 0.429. The van der Waals surface area contributed by atoms with Gasteiger partial charge in [-0.3, -0.25) is 4.79 Å². The van der Waals surface area contributed by atoms with Gasteiger partial charge in [0, 0.05) is 10.4 Å². The van der Waals surface area contributed by atoms with Gasteiger partial charge in [-0.25, -0.2) is 0 Å². The molecule has 0 spiro atoms. The molecule has 66 valence electrons. The summed E-state index contributed by atoms with van der Waals surface area (Å²) in [5, 5.41) is 8.65. The van der Waals surface area contributed by atoms with Gasteiger partial charge in [-0.1, -0.05) is 0 Å². The smallest absolute Gasteiger partial charge is 0.325 e. The van der Waals surface area contributed by atoms with Crippen molar-refractivity contribution in [1.29, 1.82) is 0 Å². The highest BCUT2D eigenvalue weighted by atomic mass is 32.1. The number of hydrogen-bond acceptors (Lipinski definition) is 4. The minimum absolute atomic E-state index is 0.646. The Labute approximate surface area is 74.2 Å². The van der Waals surface area contributed by atoms with Crippen LogP contribution in [0.3, 0.4) is 0 Å². The summed E-state index contributed by atoms with van der Waals surface area (Å²) in [7, 11) is 0. The van der Waals surface area contributed by atoms with Gasteiger partial charge in [0.2, 0.25) is 0 Å². The summed E-state index contributed by atoms with van der Waals surface area (Å²) in [4.78, 5) is 11.4. The molecule has 0 aliphatic rings. The van der Waals surface area contributed by atoms with E-state index in [4.69, 9.17) is 10.8 Å². The van der Waals surface area contributed by atoms with E-state index in [2.05, 4.69) is 4.37 Å². The molecule has 1 aromatic heterocycles. The van der Waals surface area contributed by atoms with Crippen LogP contribution >= 0.6 is 11.5 Å². The van der Waals surface area contributed by atoms with Crippen molar-refractivity contribution < 1.29 is 9.90 Å². The third kappa shape index (κ3) is 1.46. The molecule has 0 radical (unpaired) electrons. The molecule has 0 amide bonds. The summed E-state index contributed by atoms with van der Waals surface area (Å²) >= 11 is 1.28. The molecule has 0 bridgehead atoms. The Morgan fingerprint density at radius 1 is 1.67 bits per heavy atom. The van der Waals surface area contributed by atoms with E-state index in [0.717, 1.165) is 4.88 Å².